The van der Waals surface area contributed by atoms with Gasteiger partial charge >= 0.3 is 0 Å². The van der Waals surface area contributed by atoms with Gasteiger partial charge in [-0.15, -0.1) is 0 Å². The van der Waals surface area contributed by atoms with Crippen LogP contribution < -0.4 is 5.56 Å². The molecular weight excluding hydrogens is 236 g/mol. The van der Waals surface area contributed by atoms with Gasteiger partial charge in [0.25, 0.3) is 5.56 Å². The molecule has 1 N–H and O–H groups in total. The molecule has 102 valence electrons. The predicted octanol–water partition coefficient (Wildman–Crippen LogP) is 3.77. The lowest BCUT2D eigenvalue weighted by molar-refractivity contribution is 0.548. The standard InChI is InChI=1S/C16H22N2O/c1-4-5-11-18-16(19)14(15(17-18)12(2)3)13-9-7-6-8-10-13/h6-10,12,17H,4-5,11H2,1-3H3. The van der Waals surface area contributed by atoms with Crippen molar-refractivity contribution < 1.29 is 0 Å². The number of unbranched alkanes of at least 4 members (excludes halogenated alkanes) is 1. The number of nitrogens with zero attached hydrogens (tertiary/aromatic N) is 1. The number of aromatic amines is 1. The largest absolute Gasteiger partial charge is 0.299 e. The molecule has 1 aromatic heterocycles. The van der Waals surface area contributed by atoms with Crippen molar-refractivity contribution in [3.05, 3.63) is 46.4 Å². The SMILES string of the molecule is CCCCn1[nH]c(C(C)C)c(-c2ccccc2)c1=O. The van der Waals surface area contributed by atoms with Crippen LogP contribution in [0.2, 0.25) is 0 Å². The van der Waals surface area contributed by atoms with Gasteiger partial charge in [-0.2, -0.15) is 0 Å². The summed E-state index contributed by atoms with van der Waals surface area (Å²) < 4.78 is 1.75. The van der Waals surface area contributed by atoms with Gasteiger partial charge in [-0.3, -0.25) is 14.6 Å². The fourth-order valence-corrected chi connectivity index (χ4v) is 2.28. The van der Waals surface area contributed by atoms with Crippen LogP contribution in [0.25, 0.3) is 11.1 Å². The summed E-state index contributed by atoms with van der Waals surface area (Å²) in [6.07, 6.45) is 2.11. The highest BCUT2D eigenvalue weighted by molar-refractivity contribution is 5.65. The van der Waals surface area contributed by atoms with Crippen molar-refractivity contribution in [1.29, 1.82) is 0 Å². The molecule has 0 unspecified atom stereocenters. The molecule has 0 saturated heterocycles. The highest BCUT2D eigenvalue weighted by Gasteiger charge is 2.17. The lowest BCUT2D eigenvalue weighted by atomic mass is 10.0. The number of aromatic nitrogens is 2. The molecule has 0 amide bonds. The van der Waals surface area contributed by atoms with Crippen LogP contribution in [-0.4, -0.2) is 9.78 Å². The van der Waals surface area contributed by atoms with Gasteiger partial charge in [-0.05, 0) is 17.9 Å². The highest BCUT2D eigenvalue weighted by Crippen LogP contribution is 2.24. The molecule has 0 bridgehead atoms. The van der Waals surface area contributed by atoms with Crippen LogP contribution >= 0.6 is 0 Å². The van der Waals surface area contributed by atoms with Crippen molar-refractivity contribution in [1.82, 2.24) is 9.78 Å². The van der Waals surface area contributed by atoms with E-state index in [4.69, 9.17) is 0 Å². The van der Waals surface area contributed by atoms with Crippen molar-refractivity contribution in [3.63, 3.8) is 0 Å². The Kier molecular flexibility index (Phi) is 4.25. The second-order valence-corrected chi connectivity index (χ2v) is 5.23. The predicted molar refractivity (Wildman–Crippen MR) is 79.5 cm³/mol. The maximum atomic E-state index is 12.5. The molecule has 1 heterocycles. The summed E-state index contributed by atoms with van der Waals surface area (Å²) in [5.74, 6) is 0.311. The second-order valence-electron chi connectivity index (χ2n) is 5.23. The Morgan fingerprint density at radius 2 is 1.89 bits per heavy atom. The Morgan fingerprint density at radius 3 is 2.47 bits per heavy atom. The monoisotopic (exact) mass is 258 g/mol. The molecule has 0 saturated carbocycles. The van der Waals surface area contributed by atoms with Crippen molar-refractivity contribution in [2.75, 3.05) is 0 Å². The Labute approximate surface area is 114 Å². The Hall–Kier alpha value is -1.77. The summed E-state index contributed by atoms with van der Waals surface area (Å²) in [4.78, 5) is 12.5. The van der Waals surface area contributed by atoms with E-state index < -0.39 is 0 Å². The van der Waals surface area contributed by atoms with E-state index in [1.807, 2.05) is 30.3 Å². The van der Waals surface area contributed by atoms with E-state index in [0.717, 1.165) is 36.2 Å². The van der Waals surface area contributed by atoms with Crippen LogP contribution in [0.3, 0.4) is 0 Å². The van der Waals surface area contributed by atoms with E-state index in [9.17, 15) is 4.79 Å². The molecular formula is C16H22N2O. The van der Waals surface area contributed by atoms with Gasteiger partial charge in [0.05, 0.1) is 5.56 Å². The summed E-state index contributed by atoms with van der Waals surface area (Å²) >= 11 is 0. The average Bonchev–Trinajstić information content (AvgIpc) is 2.75. The zero-order valence-corrected chi connectivity index (χ0v) is 11.9. The van der Waals surface area contributed by atoms with E-state index in [2.05, 4.69) is 25.9 Å². The van der Waals surface area contributed by atoms with Gasteiger partial charge < -0.3 is 0 Å². The van der Waals surface area contributed by atoms with Crippen molar-refractivity contribution in [2.24, 2.45) is 0 Å². The molecule has 0 spiro atoms. The number of nitrogens with one attached hydrogen (secondary N) is 1. The number of hydrogen-bond acceptors (Lipinski definition) is 1. The Morgan fingerprint density at radius 1 is 1.21 bits per heavy atom. The van der Waals surface area contributed by atoms with E-state index in [1.165, 1.54) is 0 Å². The van der Waals surface area contributed by atoms with Crippen LogP contribution in [0.15, 0.2) is 35.1 Å². The van der Waals surface area contributed by atoms with E-state index in [0.29, 0.717) is 5.92 Å². The second kappa shape index (κ2) is 5.91. The zero-order valence-electron chi connectivity index (χ0n) is 11.9. The van der Waals surface area contributed by atoms with E-state index in [-0.39, 0.29) is 5.56 Å². The number of benzene rings is 1. The molecule has 0 atom stereocenters. The first-order valence-corrected chi connectivity index (χ1v) is 7.03. The molecule has 3 heteroatoms. The minimum Gasteiger partial charge on any atom is -0.299 e. The number of aryl methyl sites for hydroxylation is 1. The van der Waals surface area contributed by atoms with Crippen molar-refractivity contribution in [2.45, 2.75) is 46.1 Å². The number of hydrogen-bond donors (Lipinski definition) is 1. The number of H-pyrrole nitrogens is 1. The summed E-state index contributed by atoms with van der Waals surface area (Å²) in [6, 6.07) is 9.92. The molecule has 2 aromatic rings. The van der Waals surface area contributed by atoms with Crippen LogP contribution in [0.1, 0.15) is 45.2 Å². The minimum absolute atomic E-state index is 0.100. The summed E-state index contributed by atoms with van der Waals surface area (Å²) in [7, 11) is 0. The Bertz CT molecular complexity index is 579. The summed E-state index contributed by atoms with van der Waals surface area (Å²) in [5.41, 5.74) is 2.96. The highest BCUT2D eigenvalue weighted by atomic mass is 16.1. The fraction of sp³-hybridized carbons (Fsp3) is 0.438. The average molecular weight is 258 g/mol. The van der Waals surface area contributed by atoms with Gasteiger partial charge in [0, 0.05) is 12.2 Å². The third-order valence-electron chi connectivity index (χ3n) is 3.36. The van der Waals surface area contributed by atoms with Gasteiger partial charge in [0.2, 0.25) is 0 Å². The van der Waals surface area contributed by atoms with Crippen LogP contribution in [0.4, 0.5) is 0 Å². The third kappa shape index (κ3) is 2.80. The van der Waals surface area contributed by atoms with Crippen molar-refractivity contribution in [3.8, 4) is 11.1 Å². The molecule has 0 aliphatic rings. The molecule has 19 heavy (non-hydrogen) atoms. The van der Waals surface area contributed by atoms with Crippen LogP contribution in [0, 0.1) is 0 Å². The third-order valence-corrected chi connectivity index (χ3v) is 3.36. The quantitative estimate of drug-likeness (QED) is 0.871. The van der Waals surface area contributed by atoms with Crippen LogP contribution in [-0.2, 0) is 6.54 Å². The maximum absolute atomic E-state index is 12.5. The summed E-state index contributed by atoms with van der Waals surface area (Å²) in [6.45, 7) is 7.13. The molecule has 0 radical (unpaired) electrons. The topological polar surface area (TPSA) is 37.8 Å². The molecule has 0 aliphatic carbocycles. The van der Waals surface area contributed by atoms with Gasteiger partial charge in [-0.25, -0.2) is 0 Å². The number of rotatable bonds is 5. The molecule has 0 fully saturated rings. The van der Waals surface area contributed by atoms with Crippen molar-refractivity contribution >= 4 is 0 Å². The fourth-order valence-electron chi connectivity index (χ4n) is 2.28. The first kappa shape index (κ1) is 13.7. The smallest absolute Gasteiger partial charge is 0.274 e. The van der Waals surface area contributed by atoms with Crippen LogP contribution in [0.5, 0.6) is 0 Å². The van der Waals surface area contributed by atoms with Gasteiger partial charge in [0.1, 0.15) is 0 Å². The first-order chi connectivity index (χ1) is 9.15. The molecule has 1 aromatic carbocycles. The van der Waals surface area contributed by atoms with Gasteiger partial charge in [-0.1, -0.05) is 57.5 Å². The molecule has 2 rings (SSSR count). The lowest BCUT2D eigenvalue weighted by Gasteiger charge is -2.05. The molecule has 0 aliphatic heterocycles. The Balaban J connectivity index is 2.52. The van der Waals surface area contributed by atoms with Gasteiger partial charge in [0.15, 0.2) is 0 Å². The first-order valence-electron chi connectivity index (χ1n) is 7.03. The minimum atomic E-state index is 0.100. The summed E-state index contributed by atoms with van der Waals surface area (Å²) in [5, 5.41) is 3.29. The molecule has 3 nitrogen and oxygen atoms in total. The maximum Gasteiger partial charge on any atom is 0.274 e. The zero-order chi connectivity index (χ0) is 13.8. The lowest BCUT2D eigenvalue weighted by Crippen LogP contribution is -2.17. The van der Waals surface area contributed by atoms with E-state index >= 15 is 0 Å². The normalized spacial score (nSPS) is 11.2. The van der Waals surface area contributed by atoms with E-state index in [1.54, 1.807) is 4.68 Å².